The van der Waals surface area contributed by atoms with E-state index in [1.807, 2.05) is 6.07 Å². The fourth-order valence-corrected chi connectivity index (χ4v) is 2.21. The average molecular weight is 370 g/mol. The van der Waals surface area contributed by atoms with Crippen molar-refractivity contribution < 1.29 is 19.2 Å². The maximum Gasteiger partial charge on any atom is 0.300 e. The molecule has 0 fully saturated rings. The Morgan fingerprint density at radius 2 is 1.93 bits per heavy atom. The van der Waals surface area contributed by atoms with Gasteiger partial charge in [-0.3, -0.25) is 19.7 Å². The van der Waals surface area contributed by atoms with Crippen LogP contribution in [0.5, 0.6) is 5.75 Å². The standard InChI is InChI=1S/C18H18N4O5/c1-11-6-4-5-7-14(11)19-18(24)17(12(2)23)21-20-15-9-8-13(27-3)10-16(15)22(25)26/h4-10,17H,1-3H3,(H,19,24). The van der Waals surface area contributed by atoms with Gasteiger partial charge in [-0.25, -0.2) is 0 Å². The Kier molecular flexibility index (Phi) is 6.32. The third-order valence-electron chi connectivity index (χ3n) is 3.70. The van der Waals surface area contributed by atoms with Crippen molar-refractivity contribution in [2.24, 2.45) is 10.2 Å². The highest BCUT2D eigenvalue weighted by Gasteiger charge is 2.24. The Bertz CT molecular complexity index is 910. The van der Waals surface area contributed by atoms with Crippen molar-refractivity contribution >= 4 is 28.8 Å². The van der Waals surface area contributed by atoms with Gasteiger partial charge >= 0.3 is 0 Å². The summed E-state index contributed by atoms with van der Waals surface area (Å²) in [5, 5.41) is 21.3. The highest BCUT2D eigenvalue weighted by molar-refractivity contribution is 6.10. The maximum absolute atomic E-state index is 12.4. The second-order valence-corrected chi connectivity index (χ2v) is 5.64. The van der Waals surface area contributed by atoms with E-state index in [-0.39, 0.29) is 17.1 Å². The molecular weight excluding hydrogens is 352 g/mol. The van der Waals surface area contributed by atoms with Gasteiger partial charge in [-0.1, -0.05) is 18.2 Å². The minimum absolute atomic E-state index is 0.0873. The number of para-hydroxylation sites is 1. The molecule has 1 amide bonds. The summed E-state index contributed by atoms with van der Waals surface area (Å²) in [6.07, 6.45) is 0. The predicted molar refractivity (Wildman–Crippen MR) is 98.4 cm³/mol. The number of methoxy groups -OCH3 is 1. The van der Waals surface area contributed by atoms with E-state index in [0.717, 1.165) is 5.56 Å². The Hall–Kier alpha value is -3.62. The molecule has 140 valence electrons. The second-order valence-electron chi connectivity index (χ2n) is 5.64. The van der Waals surface area contributed by atoms with Crippen LogP contribution in [-0.2, 0) is 9.59 Å². The number of nitro benzene ring substituents is 1. The Morgan fingerprint density at radius 3 is 2.52 bits per heavy atom. The largest absolute Gasteiger partial charge is 0.496 e. The molecule has 0 bridgehead atoms. The molecule has 0 aliphatic heterocycles. The molecule has 1 N–H and O–H groups in total. The molecule has 0 aliphatic carbocycles. The first kappa shape index (κ1) is 19.7. The number of hydrogen-bond donors (Lipinski definition) is 1. The Labute approximate surface area is 155 Å². The smallest absolute Gasteiger partial charge is 0.300 e. The van der Waals surface area contributed by atoms with Crippen LogP contribution in [0.25, 0.3) is 0 Å². The van der Waals surface area contributed by atoms with Gasteiger partial charge in [0.1, 0.15) is 5.75 Å². The van der Waals surface area contributed by atoms with E-state index >= 15 is 0 Å². The van der Waals surface area contributed by atoms with Gasteiger partial charge in [0.25, 0.3) is 11.6 Å². The Morgan fingerprint density at radius 1 is 1.22 bits per heavy atom. The number of nitro groups is 1. The van der Waals surface area contributed by atoms with Gasteiger partial charge in [0.2, 0.25) is 6.04 Å². The fraction of sp³-hybridized carbons (Fsp3) is 0.222. The maximum atomic E-state index is 12.4. The molecule has 9 nitrogen and oxygen atoms in total. The number of rotatable bonds is 7. The van der Waals surface area contributed by atoms with Crippen molar-refractivity contribution in [1.82, 2.24) is 0 Å². The van der Waals surface area contributed by atoms with E-state index in [1.165, 1.54) is 32.2 Å². The number of nitrogens with zero attached hydrogens (tertiary/aromatic N) is 3. The number of azo groups is 1. The first-order valence-electron chi connectivity index (χ1n) is 7.93. The van der Waals surface area contributed by atoms with E-state index < -0.39 is 22.7 Å². The lowest BCUT2D eigenvalue weighted by molar-refractivity contribution is -0.384. The van der Waals surface area contributed by atoms with E-state index in [2.05, 4.69) is 15.5 Å². The normalized spacial score (nSPS) is 11.8. The number of anilines is 1. The molecule has 2 aromatic carbocycles. The number of carbonyl (C=O) groups is 2. The lowest BCUT2D eigenvalue weighted by atomic mass is 10.1. The summed E-state index contributed by atoms with van der Waals surface area (Å²) in [5.74, 6) is -0.932. The van der Waals surface area contributed by atoms with E-state index in [9.17, 15) is 19.7 Å². The van der Waals surface area contributed by atoms with Crippen LogP contribution in [0.4, 0.5) is 17.1 Å². The summed E-state index contributed by atoms with van der Waals surface area (Å²) in [5.41, 5.74) is 0.922. The summed E-state index contributed by atoms with van der Waals surface area (Å²) in [4.78, 5) is 34.8. The SMILES string of the molecule is COc1ccc(N=NC(C(C)=O)C(=O)Nc2ccccc2C)c([N+](=O)[O-])c1. The van der Waals surface area contributed by atoms with Gasteiger partial charge in [-0.2, -0.15) is 5.11 Å². The Balaban J connectivity index is 2.28. The number of nitrogens with one attached hydrogen (secondary N) is 1. The van der Waals surface area contributed by atoms with Crippen molar-refractivity contribution in [2.75, 3.05) is 12.4 Å². The number of aryl methyl sites for hydroxylation is 1. The molecule has 1 unspecified atom stereocenters. The summed E-state index contributed by atoms with van der Waals surface area (Å²) in [6.45, 7) is 3.00. The highest BCUT2D eigenvalue weighted by Crippen LogP contribution is 2.31. The van der Waals surface area contributed by atoms with Crippen LogP contribution in [0.2, 0.25) is 0 Å². The number of ketones is 1. The summed E-state index contributed by atoms with van der Waals surface area (Å²) in [6, 6.07) is 9.62. The number of benzene rings is 2. The van der Waals surface area contributed by atoms with Gasteiger partial charge < -0.3 is 10.1 Å². The fourth-order valence-electron chi connectivity index (χ4n) is 2.21. The van der Waals surface area contributed by atoms with Crippen LogP contribution in [0.15, 0.2) is 52.7 Å². The van der Waals surface area contributed by atoms with Crippen molar-refractivity contribution in [3.63, 3.8) is 0 Å². The molecule has 2 rings (SSSR count). The quantitative estimate of drug-likeness (QED) is 0.345. The number of ether oxygens (including phenoxy) is 1. The van der Waals surface area contributed by atoms with Crippen molar-refractivity contribution in [2.45, 2.75) is 19.9 Å². The lowest BCUT2D eigenvalue weighted by Crippen LogP contribution is -2.32. The first-order valence-corrected chi connectivity index (χ1v) is 7.93. The molecule has 0 radical (unpaired) electrons. The third-order valence-corrected chi connectivity index (χ3v) is 3.70. The molecule has 0 heterocycles. The molecule has 0 aromatic heterocycles. The highest BCUT2D eigenvalue weighted by atomic mass is 16.6. The second kappa shape index (κ2) is 8.65. The van der Waals surface area contributed by atoms with Crippen LogP contribution in [-0.4, -0.2) is 29.8 Å². The number of Topliss-reactive ketones (excluding diaryl/α,β-unsaturated/α-hetero) is 1. The van der Waals surface area contributed by atoms with Crippen LogP contribution in [0, 0.1) is 17.0 Å². The molecular formula is C18H18N4O5. The first-order chi connectivity index (χ1) is 12.8. The van der Waals surface area contributed by atoms with Crippen LogP contribution in [0.3, 0.4) is 0 Å². The van der Waals surface area contributed by atoms with Crippen LogP contribution in [0.1, 0.15) is 12.5 Å². The van der Waals surface area contributed by atoms with Gasteiger partial charge in [0.15, 0.2) is 11.5 Å². The van der Waals surface area contributed by atoms with Crippen molar-refractivity contribution in [3.05, 3.63) is 58.1 Å². The van der Waals surface area contributed by atoms with Crippen LogP contribution >= 0.6 is 0 Å². The summed E-state index contributed by atoms with van der Waals surface area (Å²) >= 11 is 0. The van der Waals surface area contributed by atoms with Gasteiger partial charge in [-0.15, -0.1) is 5.11 Å². The molecule has 1 atom stereocenters. The van der Waals surface area contributed by atoms with Gasteiger partial charge in [0, 0.05) is 5.69 Å². The lowest BCUT2D eigenvalue weighted by Gasteiger charge is -2.11. The number of carbonyl (C=O) groups excluding carboxylic acids is 2. The zero-order valence-corrected chi connectivity index (χ0v) is 15.0. The van der Waals surface area contributed by atoms with Gasteiger partial charge in [-0.05, 0) is 37.6 Å². The van der Waals surface area contributed by atoms with Crippen molar-refractivity contribution in [3.8, 4) is 5.75 Å². The monoisotopic (exact) mass is 370 g/mol. The predicted octanol–water partition coefficient (Wildman–Crippen LogP) is 3.59. The average Bonchev–Trinajstić information content (AvgIpc) is 2.63. The topological polar surface area (TPSA) is 123 Å². The molecule has 0 saturated heterocycles. The van der Waals surface area contributed by atoms with E-state index in [1.54, 1.807) is 25.1 Å². The van der Waals surface area contributed by atoms with E-state index in [4.69, 9.17) is 4.74 Å². The molecule has 27 heavy (non-hydrogen) atoms. The minimum Gasteiger partial charge on any atom is -0.496 e. The summed E-state index contributed by atoms with van der Waals surface area (Å²) < 4.78 is 4.94. The zero-order valence-electron chi connectivity index (χ0n) is 15.0. The number of amides is 1. The van der Waals surface area contributed by atoms with Crippen LogP contribution < -0.4 is 10.1 Å². The summed E-state index contributed by atoms with van der Waals surface area (Å²) in [7, 11) is 1.38. The third kappa shape index (κ3) is 4.94. The number of hydrogen-bond acceptors (Lipinski definition) is 7. The molecule has 0 aliphatic rings. The molecule has 2 aromatic rings. The van der Waals surface area contributed by atoms with E-state index in [0.29, 0.717) is 5.69 Å². The minimum atomic E-state index is -1.42. The zero-order chi connectivity index (χ0) is 20.0. The van der Waals surface area contributed by atoms with Gasteiger partial charge in [0.05, 0.1) is 18.1 Å². The molecule has 0 saturated carbocycles. The molecule has 9 heteroatoms. The van der Waals surface area contributed by atoms with Crippen molar-refractivity contribution in [1.29, 1.82) is 0 Å². The molecule has 0 spiro atoms.